The second-order valence-electron chi connectivity index (χ2n) is 1.73. The molecule has 0 nitrogen and oxygen atoms in total. The Morgan fingerprint density at radius 1 is 1.00 bits per heavy atom. The minimum atomic E-state index is -0.139. The summed E-state index contributed by atoms with van der Waals surface area (Å²) >= 11 is -0.139. The van der Waals surface area contributed by atoms with Crippen molar-refractivity contribution in [1.82, 2.24) is 0 Å². The quantitative estimate of drug-likeness (QED) is 0.415. The Hall–Kier alpha value is 1.79. The van der Waals surface area contributed by atoms with Crippen LogP contribution in [0.2, 0.25) is 17.4 Å². The van der Waals surface area contributed by atoms with E-state index in [9.17, 15) is 0 Å². The molecule has 0 atom stereocenters. The molecule has 0 aliphatic heterocycles. The zero-order valence-electron chi connectivity index (χ0n) is 3.93. The van der Waals surface area contributed by atoms with Crippen LogP contribution in [0.1, 0.15) is 0 Å². The van der Waals surface area contributed by atoms with Gasteiger partial charge in [0.15, 0.2) is 0 Å². The van der Waals surface area contributed by atoms with Crippen molar-refractivity contribution >= 4 is 14.1 Å². The molecule has 0 rings (SSSR count). The van der Waals surface area contributed by atoms with Crippen molar-refractivity contribution in [2.45, 2.75) is 17.4 Å². The molecule has 0 saturated carbocycles. The topological polar surface area (TPSA) is 0 Å². The van der Waals surface area contributed by atoms with E-state index in [4.69, 9.17) is 0 Å². The number of rotatable bonds is 0. The summed E-state index contributed by atoms with van der Waals surface area (Å²) in [5, 5.41) is 0. The van der Waals surface area contributed by atoms with Gasteiger partial charge >= 0.3 is 0 Å². The molecule has 0 heterocycles. The fourth-order valence-corrected chi connectivity index (χ4v) is 0. The molecule has 32 valence electrons. The molecule has 0 N–H and O–H groups in total. The molecule has 5 heavy (non-hydrogen) atoms. The van der Waals surface area contributed by atoms with Crippen molar-refractivity contribution in [1.29, 1.82) is 0 Å². The molecule has 0 amide bonds. The average Bonchev–Trinajstić information content (AvgIpc) is 0.811. The van der Waals surface area contributed by atoms with Gasteiger partial charge in [-0.25, -0.2) is 0 Å². The normalized spacial score (nSPS) is 5.40. The fourth-order valence-electron chi connectivity index (χ4n) is 0. The standard InChI is InChI=1S/3CH3.Al.Ar/h3*1H3;;. The Labute approximate surface area is 68.3 Å². The minimum Gasteiger partial charge on any atom is -0.106 e. The molecular formula is C3H9AlAr. The van der Waals surface area contributed by atoms with Crippen LogP contribution in [0.4, 0.5) is 0 Å². The molecule has 0 radical (unpaired) electrons. The molecule has 0 aromatic carbocycles. The molecule has 0 unspecified atom stereocenters. The summed E-state index contributed by atoms with van der Waals surface area (Å²) in [6, 6.07) is 0. The van der Waals surface area contributed by atoms with Crippen LogP contribution in [0.15, 0.2) is 0 Å². The van der Waals surface area contributed by atoms with Gasteiger partial charge in [-0.15, -0.1) is 17.4 Å². The van der Waals surface area contributed by atoms with E-state index in [1.165, 1.54) is 0 Å². The Balaban J connectivity index is 0. The van der Waals surface area contributed by atoms with E-state index in [-0.39, 0.29) is 51.9 Å². The number of hydrogen-bond acceptors (Lipinski definition) is 0. The van der Waals surface area contributed by atoms with Gasteiger partial charge in [0.05, 0.1) is 0 Å². The van der Waals surface area contributed by atoms with Gasteiger partial charge in [0.2, 0.25) is 0 Å². The van der Waals surface area contributed by atoms with Crippen LogP contribution in [-0.2, 0) is 0 Å². The van der Waals surface area contributed by atoms with Crippen molar-refractivity contribution in [3.63, 3.8) is 0 Å². The molecular weight excluding hydrogens is 103 g/mol. The van der Waals surface area contributed by atoms with Gasteiger partial charge in [0.25, 0.3) is 14.1 Å². The summed E-state index contributed by atoms with van der Waals surface area (Å²) in [6.07, 6.45) is 0. The molecule has 0 bridgehead atoms. The van der Waals surface area contributed by atoms with E-state index in [0.717, 1.165) is 0 Å². The van der Waals surface area contributed by atoms with Crippen LogP contribution in [0.3, 0.4) is 0 Å². The summed E-state index contributed by atoms with van der Waals surface area (Å²) in [6.45, 7) is 0. The smallest absolute Gasteiger partial charge is 0.106 e. The van der Waals surface area contributed by atoms with E-state index in [1.807, 2.05) is 0 Å². The summed E-state index contributed by atoms with van der Waals surface area (Å²) in [4.78, 5) is 0. The fraction of sp³-hybridized carbons (Fsp3) is 1.00. The molecule has 0 aromatic heterocycles. The van der Waals surface area contributed by atoms with Gasteiger partial charge < -0.3 is 0 Å². The van der Waals surface area contributed by atoms with E-state index in [1.54, 1.807) is 0 Å². The second kappa shape index (κ2) is 5.79. The summed E-state index contributed by atoms with van der Waals surface area (Å²) in [5.74, 6) is 6.92. The first-order chi connectivity index (χ1) is 1.73. The summed E-state index contributed by atoms with van der Waals surface area (Å²) < 4.78 is 0. The van der Waals surface area contributed by atoms with Gasteiger partial charge in [0, 0.05) is 37.7 Å². The third-order valence-corrected chi connectivity index (χ3v) is 0. The Morgan fingerprint density at radius 3 is 1.00 bits per heavy atom. The van der Waals surface area contributed by atoms with Gasteiger partial charge in [-0.05, 0) is 0 Å². The van der Waals surface area contributed by atoms with E-state index in [0.29, 0.717) is 0 Å². The number of hydrogen-bond donors (Lipinski definition) is 0. The van der Waals surface area contributed by atoms with Crippen LogP contribution in [0.25, 0.3) is 0 Å². The molecule has 0 aliphatic carbocycles. The van der Waals surface area contributed by atoms with Crippen LogP contribution < -0.4 is 0 Å². The SMILES string of the molecule is [Ar].[CH3][Al]([CH3])[CH3]. The Morgan fingerprint density at radius 2 is 1.00 bits per heavy atom. The first kappa shape index (κ1) is 9.92. The minimum absolute atomic E-state index is 0. The Kier molecular flexibility index (Phi) is 11.5. The second-order valence-corrected chi connectivity index (χ2v) is 5.20. The largest absolute Gasteiger partial charge is 0.251 e. The monoisotopic (exact) mass is 112 g/mol. The van der Waals surface area contributed by atoms with Crippen molar-refractivity contribution in [2.75, 3.05) is 0 Å². The summed E-state index contributed by atoms with van der Waals surface area (Å²) in [7, 11) is 0. The zero-order chi connectivity index (χ0) is 3.58. The molecule has 0 aromatic rings. The van der Waals surface area contributed by atoms with Gasteiger partial charge in [-0.3, -0.25) is 0 Å². The van der Waals surface area contributed by atoms with Gasteiger partial charge in [-0.2, -0.15) is 0 Å². The van der Waals surface area contributed by atoms with Crippen molar-refractivity contribution < 1.29 is 37.7 Å². The predicted octanol–water partition coefficient (Wildman–Crippen LogP) is 1.37. The van der Waals surface area contributed by atoms with Crippen LogP contribution in [-0.4, -0.2) is 14.1 Å². The first-order valence-electron chi connectivity index (χ1n) is 1.73. The first-order valence-corrected chi connectivity index (χ1v) is 5.20. The van der Waals surface area contributed by atoms with Crippen molar-refractivity contribution in [3.8, 4) is 0 Å². The van der Waals surface area contributed by atoms with E-state index in [2.05, 4.69) is 17.4 Å². The maximum atomic E-state index is 2.31. The predicted molar refractivity (Wildman–Crippen MR) is 23.3 cm³/mol. The average molecular weight is 112 g/mol. The van der Waals surface area contributed by atoms with Gasteiger partial charge in [-0.1, -0.05) is 0 Å². The van der Waals surface area contributed by atoms with Crippen molar-refractivity contribution in [2.24, 2.45) is 0 Å². The van der Waals surface area contributed by atoms with Gasteiger partial charge in [0.1, 0.15) is 0 Å². The maximum absolute atomic E-state index is 2.31. The molecule has 0 saturated heterocycles. The zero-order valence-corrected chi connectivity index (χ0v) is 5.79. The third kappa shape index (κ3) is 25.9. The maximum Gasteiger partial charge on any atom is 0.251 e. The molecule has 0 aliphatic rings. The van der Waals surface area contributed by atoms with Crippen LogP contribution in [0, 0.1) is 37.7 Å². The van der Waals surface area contributed by atoms with Crippen molar-refractivity contribution in [3.05, 3.63) is 0 Å². The van der Waals surface area contributed by atoms with Crippen LogP contribution in [0.5, 0.6) is 0 Å². The van der Waals surface area contributed by atoms with E-state index >= 15 is 0 Å². The molecule has 2 heteroatoms. The third-order valence-electron chi connectivity index (χ3n) is 0. The van der Waals surface area contributed by atoms with E-state index < -0.39 is 0 Å². The molecule has 0 spiro atoms. The van der Waals surface area contributed by atoms with Crippen LogP contribution >= 0.6 is 0 Å². The Bertz CT molecular complexity index is 11.6. The molecule has 0 fully saturated rings. The summed E-state index contributed by atoms with van der Waals surface area (Å²) in [5.41, 5.74) is 0.